The Kier molecular flexibility index (Phi) is 3.86. The molecule has 0 unspecified atom stereocenters. The Morgan fingerprint density at radius 2 is 1.88 bits per heavy atom. The van der Waals surface area contributed by atoms with Gasteiger partial charge in [0.2, 0.25) is 10.0 Å². The zero-order chi connectivity index (χ0) is 12.2. The first kappa shape index (κ1) is 12.5. The summed E-state index contributed by atoms with van der Waals surface area (Å²) in [5.74, 6) is -0.665. The lowest BCUT2D eigenvalue weighted by Crippen LogP contribution is -2.31. The highest BCUT2D eigenvalue weighted by molar-refractivity contribution is 7.89. The summed E-state index contributed by atoms with van der Waals surface area (Å²) in [6.07, 6.45) is 0. The van der Waals surface area contributed by atoms with Gasteiger partial charge in [0.1, 0.15) is 5.75 Å². The molecular weight excluding hydrogens is 232 g/mol. The number of benzene rings is 1. The maximum atomic E-state index is 11.4. The van der Waals surface area contributed by atoms with Crippen LogP contribution in [-0.2, 0) is 10.0 Å². The van der Waals surface area contributed by atoms with E-state index in [1.54, 1.807) is 0 Å². The van der Waals surface area contributed by atoms with E-state index in [4.69, 9.17) is 10.2 Å². The second kappa shape index (κ2) is 4.95. The molecule has 0 aliphatic carbocycles. The van der Waals surface area contributed by atoms with Crippen LogP contribution in [0.2, 0.25) is 0 Å². The lowest BCUT2D eigenvalue weighted by atomic mass is 10.2. The third-order valence-corrected chi connectivity index (χ3v) is 2.57. The Hall–Kier alpha value is -1.60. The second-order valence-electron chi connectivity index (χ2n) is 3.17. The van der Waals surface area contributed by atoms with Crippen molar-refractivity contribution >= 4 is 15.9 Å². The van der Waals surface area contributed by atoms with Gasteiger partial charge in [0, 0.05) is 12.1 Å². The summed E-state index contributed by atoms with van der Waals surface area (Å²) < 4.78 is 21.2. The Morgan fingerprint density at radius 3 is 2.38 bits per heavy atom. The number of primary sulfonamides is 1. The molecule has 0 spiro atoms. The van der Waals surface area contributed by atoms with E-state index in [1.807, 2.05) is 0 Å². The minimum Gasteiger partial charge on any atom is -0.508 e. The molecule has 6 nitrogen and oxygen atoms in total. The minimum absolute atomic E-state index is 0.0431. The number of hydrogen-bond donors (Lipinski definition) is 3. The number of carbonyl (C=O) groups is 1. The maximum Gasteiger partial charge on any atom is 0.251 e. The van der Waals surface area contributed by atoms with Crippen molar-refractivity contribution in [3.05, 3.63) is 29.8 Å². The van der Waals surface area contributed by atoms with Crippen molar-refractivity contribution in [2.45, 2.75) is 0 Å². The summed E-state index contributed by atoms with van der Waals surface area (Å²) >= 11 is 0. The van der Waals surface area contributed by atoms with Crippen molar-refractivity contribution in [3.8, 4) is 5.75 Å². The number of hydrogen-bond acceptors (Lipinski definition) is 4. The van der Waals surface area contributed by atoms with Gasteiger partial charge in [-0.3, -0.25) is 4.79 Å². The van der Waals surface area contributed by atoms with Crippen molar-refractivity contribution in [3.63, 3.8) is 0 Å². The molecule has 0 heterocycles. The third-order valence-electron chi connectivity index (χ3n) is 1.80. The average Bonchev–Trinajstić information content (AvgIpc) is 2.16. The number of rotatable bonds is 4. The van der Waals surface area contributed by atoms with E-state index in [-0.39, 0.29) is 18.0 Å². The van der Waals surface area contributed by atoms with Crippen LogP contribution in [0.3, 0.4) is 0 Å². The lowest BCUT2D eigenvalue weighted by Gasteiger charge is -2.04. The van der Waals surface area contributed by atoms with Gasteiger partial charge < -0.3 is 10.4 Å². The number of sulfonamides is 1. The van der Waals surface area contributed by atoms with Gasteiger partial charge in [-0.2, -0.15) is 0 Å². The van der Waals surface area contributed by atoms with Crippen LogP contribution in [0.1, 0.15) is 10.4 Å². The van der Waals surface area contributed by atoms with E-state index >= 15 is 0 Å². The van der Waals surface area contributed by atoms with Crippen LogP contribution >= 0.6 is 0 Å². The molecule has 0 aliphatic rings. The van der Waals surface area contributed by atoms with Crippen LogP contribution in [0, 0.1) is 0 Å². The van der Waals surface area contributed by atoms with Crippen molar-refractivity contribution in [2.24, 2.45) is 5.14 Å². The predicted molar refractivity (Wildman–Crippen MR) is 58.4 cm³/mol. The number of nitrogens with one attached hydrogen (secondary N) is 1. The van der Waals surface area contributed by atoms with Gasteiger partial charge in [-0.25, -0.2) is 13.6 Å². The molecule has 1 amide bonds. The molecular formula is C9H12N2O4S. The molecule has 0 radical (unpaired) electrons. The van der Waals surface area contributed by atoms with Crippen molar-refractivity contribution in [2.75, 3.05) is 12.3 Å². The van der Waals surface area contributed by atoms with E-state index in [1.165, 1.54) is 24.3 Å². The molecule has 88 valence electrons. The monoisotopic (exact) mass is 244 g/mol. The first-order valence-electron chi connectivity index (χ1n) is 4.46. The van der Waals surface area contributed by atoms with E-state index in [9.17, 15) is 13.2 Å². The first-order valence-corrected chi connectivity index (χ1v) is 6.18. The number of phenolic OH excluding ortho intramolecular Hbond substituents is 1. The summed E-state index contributed by atoms with van der Waals surface area (Å²) in [7, 11) is -3.56. The van der Waals surface area contributed by atoms with E-state index in [0.717, 1.165) is 0 Å². The van der Waals surface area contributed by atoms with Crippen LogP contribution in [0.25, 0.3) is 0 Å². The van der Waals surface area contributed by atoms with Crippen LogP contribution in [0.5, 0.6) is 5.75 Å². The lowest BCUT2D eigenvalue weighted by molar-refractivity contribution is 0.0956. The number of phenols is 1. The van der Waals surface area contributed by atoms with Gasteiger partial charge in [0.05, 0.1) is 5.75 Å². The first-order chi connectivity index (χ1) is 7.38. The van der Waals surface area contributed by atoms with Gasteiger partial charge in [-0.1, -0.05) is 0 Å². The second-order valence-corrected chi connectivity index (χ2v) is 4.90. The minimum atomic E-state index is -3.56. The fraction of sp³-hybridized carbons (Fsp3) is 0.222. The van der Waals surface area contributed by atoms with E-state index in [0.29, 0.717) is 5.56 Å². The van der Waals surface area contributed by atoms with Crippen molar-refractivity contribution in [1.29, 1.82) is 0 Å². The number of carbonyl (C=O) groups excluding carboxylic acids is 1. The quantitative estimate of drug-likeness (QED) is 0.657. The third kappa shape index (κ3) is 4.28. The molecule has 16 heavy (non-hydrogen) atoms. The van der Waals surface area contributed by atoms with Gasteiger partial charge in [0.25, 0.3) is 5.91 Å². The Morgan fingerprint density at radius 1 is 1.31 bits per heavy atom. The smallest absolute Gasteiger partial charge is 0.251 e. The fourth-order valence-corrected chi connectivity index (χ4v) is 1.41. The normalized spacial score (nSPS) is 11.1. The molecule has 0 saturated heterocycles. The number of amides is 1. The predicted octanol–water partition coefficient (Wildman–Crippen LogP) is -0.589. The maximum absolute atomic E-state index is 11.4. The number of nitrogens with two attached hydrogens (primary N) is 1. The summed E-state index contributed by atoms with van der Waals surface area (Å²) in [4.78, 5) is 11.4. The van der Waals surface area contributed by atoms with Gasteiger partial charge in [-0.05, 0) is 24.3 Å². The summed E-state index contributed by atoms with van der Waals surface area (Å²) in [6, 6.07) is 5.60. The highest BCUT2D eigenvalue weighted by Gasteiger charge is 2.07. The highest BCUT2D eigenvalue weighted by Crippen LogP contribution is 2.09. The molecule has 0 fully saturated rings. The van der Waals surface area contributed by atoms with Crippen molar-refractivity contribution < 1.29 is 18.3 Å². The molecule has 0 bridgehead atoms. The van der Waals surface area contributed by atoms with Crippen LogP contribution in [0.15, 0.2) is 24.3 Å². The molecule has 1 rings (SSSR count). The Balaban J connectivity index is 2.50. The van der Waals surface area contributed by atoms with Crippen molar-refractivity contribution in [1.82, 2.24) is 5.32 Å². The Labute approximate surface area is 93.1 Å². The zero-order valence-electron chi connectivity index (χ0n) is 8.38. The topological polar surface area (TPSA) is 109 Å². The average molecular weight is 244 g/mol. The van der Waals surface area contributed by atoms with E-state index < -0.39 is 15.9 Å². The highest BCUT2D eigenvalue weighted by atomic mass is 32.2. The summed E-state index contributed by atoms with van der Waals surface area (Å²) in [6.45, 7) is -0.0431. The van der Waals surface area contributed by atoms with Crippen LogP contribution in [0.4, 0.5) is 0 Å². The molecule has 1 aromatic carbocycles. The zero-order valence-corrected chi connectivity index (χ0v) is 9.20. The SMILES string of the molecule is NS(=O)(=O)CCNC(=O)c1ccc(O)cc1. The molecule has 4 N–H and O–H groups in total. The largest absolute Gasteiger partial charge is 0.508 e. The molecule has 1 aromatic rings. The fourth-order valence-electron chi connectivity index (χ4n) is 1.02. The molecule has 7 heteroatoms. The van der Waals surface area contributed by atoms with Gasteiger partial charge in [-0.15, -0.1) is 0 Å². The molecule has 0 aromatic heterocycles. The summed E-state index contributed by atoms with van der Waals surface area (Å²) in [5.41, 5.74) is 0.340. The summed E-state index contributed by atoms with van der Waals surface area (Å²) in [5, 5.41) is 16.2. The Bertz CT molecular complexity index is 467. The number of aromatic hydroxyl groups is 1. The standard InChI is InChI=1S/C9H12N2O4S/c10-16(14,15)6-5-11-9(13)7-1-3-8(12)4-2-7/h1-4,12H,5-6H2,(H,11,13)(H2,10,14,15). The molecule has 0 aliphatic heterocycles. The van der Waals surface area contributed by atoms with Crippen LogP contribution in [-0.4, -0.2) is 31.7 Å². The van der Waals surface area contributed by atoms with Crippen LogP contribution < -0.4 is 10.5 Å². The van der Waals surface area contributed by atoms with Gasteiger partial charge in [0.15, 0.2) is 0 Å². The van der Waals surface area contributed by atoms with E-state index in [2.05, 4.69) is 5.32 Å². The molecule has 0 atom stereocenters. The molecule has 0 saturated carbocycles. The van der Waals surface area contributed by atoms with Gasteiger partial charge >= 0.3 is 0 Å².